The van der Waals surface area contributed by atoms with Crippen LogP contribution in [0.5, 0.6) is 5.75 Å². The van der Waals surface area contributed by atoms with E-state index in [9.17, 15) is 4.79 Å². The summed E-state index contributed by atoms with van der Waals surface area (Å²) in [7, 11) is 1.62. The second-order valence-electron chi connectivity index (χ2n) is 3.88. The number of nitrogens with one attached hydrogen (secondary N) is 1. The SMILES string of the molecule is COc1cccc(-c2cnc3ccc(=O)[nH]n23)c1. The predicted octanol–water partition coefficient (Wildman–Crippen LogP) is 1.70. The summed E-state index contributed by atoms with van der Waals surface area (Å²) < 4.78 is 6.85. The minimum absolute atomic E-state index is 0.162. The van der Waals surface area contributed by atoms with Crippen molar-refractivity contribution in [1.29, 1.82) is 0 Å². The molecule has 3 aromatic rings. The highest BCUT2D eigenvalue weighted by atomic mass is 16.5. The van der Waals surface area contributed by atoms with Crippen LogP contribution in [0.2, 0.25) is 0 Å². The zero-order valence-corrected chi connectivity index (χ0v) is 9.75. The average Bonchev–Trinajstić information content (AvgIpc) is 2.81. The van der Waals surface area contributed by atoms with Crippen molar-refractivity contribution in [3.05, 3.63) is 52.9 Å². The summed E-state index contributed by atoms with van der Waals surface area (Å²) in [6, 6.07) is 10.7. The first-order chi connectivity index (χ1) is 8.78. The summed E-state index contributed by atoms with van der Waals surface area (Å²) in [6.45, 7) is 0. The third-order valence-corrected chi connectivity index (χ3v) is 2.76. The van der Waals surface area contributed by atoms with Crippen molar-refractivity contribution < 1.29 is 4.74 Å². The Kier molecular flexibility index (Phi) is 2.37. The molecule has 0 bridgehead atoms. The highest BCUT2D eigenvalue weighted by Crippen LogP contribution is 2.23. The molecule has 5 heteroatoms. The Morgan fingerprint density at radius 1 is 1.28 bits per heavy atom. The van der Waals surface area contributed by atoms with E-state index in [0.29, 0.717) is 5.65 Å². The van der Waals surface area contributed by atoms with Crippen LogP contribution >= 0.6 is 0 Å². The first kappa shape index (κ1) is 10.6. The molecule has 0 aliphatic heterocycles. The van der Waals surface area contributed by atoms with Crippen LogP contribution in [0.1, 0.15) is 0 Å². The van der Waals surface area contributed by atoms with Crippen LogP contribution in [0.15, 0.2) is 47.4 Å². The number of fused-ring (bicyclic) bond motifs is 1. The number of ether oxygens (including phenoxy) is 1. The standard InChI is InChI=1S/C13H11N3O2/c1-18-10-4-2-3-9(7-10)11-8-14-12-5-6-13(17)15-16(11)12/h2-8H,1H3,(H,15,17). The van der Waals surface area contributed by atoms with E-state index in [-0.39, 0.29) is 5.56 Å². The zero-order chi connectivity index (χ0) is 12.5. The lowest BCUT2D eigenvalue weighted by Crippen LogP contribution is -2.09. The number of aromatic amines is 1. The first-order valence-electron chi connectivity index (χ1n) is 5.49. The van der Waals surface area contributed by atoms with Crippen LogP contribution in [0, 0.1) is 0 Å². The van der Waals surface area contributed by atoms with Gasteiger partial charge in [0.15, 0.2) is 5.65 Å². The summed E-state index contributed by atoms with van der Waals surface area (Å²) >= 11 is 0. The monoisotopic (exact) mass is 241 g/mol. The number of H-pyrrole nitrogens is 1. The number of methoxy groups -OCH3 is 1. The fourth-order valence-electron chi connectivity index (χ4n) is 1.88. The van der Waals surface area contributed by atoms with Crippen molar-refractivity contribution in [2.75, 3.05) is 7.11 Å². The van der Waals surface area contributed by atoms with E-state index in [4.69, 9.17) is 4.74 Å². The molecule has 0 saturated carbocycles. The van der Waals surface area contributed by atoms with E-state index in [1.54, 1.807) is 23.9 Å². The largest absolute Gasteiger partial charge is 0.497 e. The molecule has 1 aromatic carbocycles. The van der Waals surface area contributed by atoms with Gasteiger partial charge in [-0.2, -0.15) is 0 Å². The van der Waals surface area contributed by atoms with Crippen molar-refractivity contribution >= 4 is 5.65 Å². The van der Waals surface area contributed by atoms with E-state index in [0.717, 1.165) is 17.0 Å². The van der Waals surface area contributed by atoms with Crippen LogP contribution in [0.4, 0.5) is 0 Å². The Morgan fingerprint density at radius 3 is 3.00 bits per heavy atom. The van der Waals surface area contributed by atoms with Gasteiger partial charge < -0.3 is 4.74 Å². The van der Waals surface area contributed by atoms with Crippen molar-refractivity contribution in [3.8, 4) is 17.0 Å². The summed E-state index contributed by atoms with van der Waals surface area (Å²) in [5.74, 6) is 0.765. The van der Waals surface area contributed by atoms with E-state index in [2.05, 4.69) is 10.1 Å². The molecular formula is C13H11N3O2. The van der Waals surface area contributed by atoms with Gasteiger partial charge in [0, 0.05) is 11.6 Å². The second-order valence-corrected chi connectivity index (χ2v) is 3.88. The molecule has 1 N–H and O–H groups in total. The number of benzene rings is 1. The predicted molar refractivity (Wildman–Crippen MR) is 67.8 cm³/mol. The van der Waals surface area contributed by atoms with Crippen LogP contribution in [-0.2, 0) is 0 Å². The van der Waals surface area contributed by atoms with Gasteiger partial charge in [0.2, 0.25) is 0 Å². The third kappa shape index (κ3) is 1.66. The van der Waals surface area contributed by atoms with Gasteiger partial charge in [-0.3, -0.25) is 9.89 Å². The number of imidazole rings is 1. The molecule has 0 aliphatic rings. The number of hydrogen-bond donors (Lipinski definition) is 1. The lowest BCUT2D eigenvalue weighted by molar-refractivity contribution is 0.415. The maximum Gasteiger partial charge on any atom is 0.263 e. The molecule has 0 spiro atoms. The minimum Gasteiger partial charge on any atom is -0.497 e. The zero-order valence-electron chi connectivity index (χ0n) is 9.75. The van der Waals surface area contributed by atoms with E-state index in [1.165, 1.54) is 6.07 Å². The average molecular weight is 241 g/mol. The van der Waals surface area contributed by atoms with Crippen molar-refractivity contribution in [1.82, 2.24) is 14.6 Å². The van der Waals surface area contributed by atoms with Gasteiger partial charge in [-0.25, -0.2) is 9.50 Å². The van der Waals surface area contributed by atoms with Crippen LogP contribution in [-0.4, -0.2) is 21.7 Å². The summed E-state index contributed by atoms with van der Waals surface area (Å²) in [4.78, 5) is 15.6. The van der Waals surface area contributed by atoms with Crippen molar-refractivity contribution in [3.63, 3.8) is 0 Å². The Labute approximate surface area is 103 Å². The molecule has 0 atom stereocenters. The number of rotatable bonds is 2. The maximum atomic E-state index is 11.4. The van der Waals surface area contributed by atoms with Crippen molar-refractivity contribution in [2.45, 2.75) is 0 Å². The van der Waals surface area contributed by atoms with Crippen LogP contribution < -0.4 is 10.3 Å². The van der Waals surface area contributed by atoms with Gasteiger partial charge in [-0.15, -0.1) is 0 Å². The number of aromatic nitrogens is 3. The number of hydrogen-bond acceptors (Lipinski definition) is 3. The Bertz CT molecular complexity index is 758. The third-order valence-electron chi connectivity index (χ3n) is 2.76. The van der Waals surface area contributed by atoms with Gasteiger partial charge >= 0.3 is 0 Å². The Morgan fingerprint density at radius 2 is 2.17 bits per heavy atom. The van der Waals surface area contributed by atoms with Crippen LogP contribution in [0.3, 0.4) is 0 Å². The Balaban J connectivity index is 2.24. The molecule has 90 valence electrons. The lowest BCUT2D eigenvalue weighted by atomic mass is 10.1. The Hall–Kier alpha value is -2.56. The van der Waals surface area contributed by atoms with Crippen LogP contribution in [0.25, 0.3) is 16.9 Å². The maximum absolute atomic E-state index is 11.4. The first-order valence-corrected chi connectivity index (χ1v) is 5.49. The molecule has 5 nitrogen and oxygen atoms in total. The molecular weight excluding hydrogens is 230 g/mol. The van der Waals surface area contributed by atoms with E-state index in [1.807, 2.05) is 24.3 Å². The van der Waals surface area contributed by atoms with Gasteiger partial charge in [0.1, 0.15) is 5.75 Å². The quantitative estimate of drug-likeness (QED) is 0.742. The highest BCUT2D eigenvalue weighted by molar-refractivity contribution is 5.64. The van der Waals surface area contributed by atoms with Gasteiger partial charge in [0.25, 0.3) is 5.56 Å². The van der Waals surface area contributed by atoms with E-state index < -0.39 is 0 Å². The molecule has 0 aliphatic carbocycles. The summed E-state index contributed by atoms with van der Waals surface area (Å²) in [5.41, 5.74) is 2.29. The van der Waals surface area contributed by atoms with Crippen molar-refractivity contribution in [2.24, 2.45) is 0 Å². The molecule has 0 saturated heterocycles. The topological polar surface area (TPSA) is 59.4 Å². The smallest absolute Gasteiger partial charge is 0.263 e. The summed E-state index contributed by atoms with van der Waals surface area (Å²) in [5, 5.41) is 2.73. The van der Waals surface area contributed by atoms with E-state index >= 15 is 0 Å². The fraction of sp³-hybridized carbons (Fsp3) is 0.0769. The molecule has 18 heavy (non-hydrogen) atoms. The lowest BCUT2D eigenvalue weighted by Gasteiger charge is -2.04. The molecule has 2 aromatic heterocycles. The molecule has 0 fully saturated rings. The van der Waals surface area contributed by atoms with Gasteiger partial charge in [-0.1, -0.05) is 12.1 Å². The molecule has 0 unspecified atom stereocenters. The van der Waals surface area contributed by atoms with Gasteiger partial charge in [-0.05, 0) is 18.2 Å². The highest BCUT2D eigenvalue weighted by Gasteiger charge is 2.07. The second kappa shape index (κ2) is 4.03. The summed E-state index contributed by atoms with van der Waals surface area (Å²) in [6.07, 6.45) is 1.72. The fourth-order valence-corrected chi connectivity index (χ4v) is 1.88. The minimum atomic E-state index is -0.162. The molecule has 3 rings (SSSR count). The molecule has 2 heterocycles. The normalized spacial score (nSPS) is 10.7. The molecule has 0 radical (unpaired) electrons. The van der Waals surface area contributed by atoms with Gasteiger partial charge in [0.05, 0.1) is 19.0 Å². The molecule has 0 amide bonds. The number of nitrogens with zero attached hydrogens (tertiary/aromatic N) is 2.